The third kappa shape index (κ3) is 1.63. The van der Waals surface area contributed by atoms with E-state index in [2.05, 4.69) is 20.3 Å². The van der Waals surface area contributed by atoms with E-state index in [0.717, 1.165) is 0 Å². The van der Waals surface area contributed by atoms with E-state index in [1.54, 1.807) is 6.20 Å². The highest BCUT2D eigenvalue weighted by atomic mass is 19.1. The summed E-state index contributed by atoms with van der Waals surface area (Å²) in [6.45, 7) is -0.104. The zero-order valence-corrected chi connectivity index (χ0v) is 9.48. The van der Waals surface area contributed by atoms with Gasteiger partial charge in [-0.15, -0.1) is 0 Å². The van der Waals surface area contributed by atoms with Gasteiger partial charge in [0.15, 0.2) is 0 Å². The van der Waals surface area contributed by atoms with Gasteiger partial charge in [0.2, 0.25) is 0 Å². The molecule has 3 atom stereocenters. The second-order valence-corrected chi connectivity index (χ2v) is 4.47. The van der Waals surface area contributed by atoms with E-state index in [4.69, 9.17) is 5.11 Å². The molecule has 4 N–H and O–H groups in total. The Kier molecular flexibility index (Phi) is 2.64. The van der Waals surface area contributed by atoms with E-state index < -0.39 is 12.2 Å². The first-order valence-electron chi connectivity index (χ1n) is 5.76. The van der Waals surface area contributed by atoms with Gasteiger partial charge in [-0.3, -0.25) is 4.79 Å². The van der Waals surface area contributed by atoms with Crippen LogP contribution in [0, 0.1) is 0 Å². The van der Waals surface area contributed by atoms with Crippen molar-refractivity contribution in [1.29, 1.82) is 0 Å². The Hall–Kier alpha value is -1.73. The van der Waals surface area contributed by atoms with Crippen molar-refractivity contribution in [2.75, 3.05) is 6.61 Å². The summed E-state index contributed by atoms with van der Waals surface area (Å²) in [5, 5.41) is 12.1. The Morgan fingerprint density at radius 1 is 1.50 bits per heavy atom. The number of alkyl halides is 1. The second-order valence-electron chi connectivity index (χ2n) is 4.47. The first-order chi connectivity index (χ1) is 8.70. The standard InChI is InChI=1S/C11H13FN4O2/c12-7-1-5(3-17)16-8(7)6-2-13-10-9(6)14-4-15-11(10)18/h2,4-5,7-8,13,16-17H,1,3H2,(H,14,15,18). The summed E-state index contributed by atoms with van der Waals surface area (Å²) in [7, 11) is 0. The monoisotopic (exact) mass is 252 g/mol. The highest BCUT2D eigenvalue weighted by molar-refractivity contribution is 5.78. The average Bonchev–Trinajstić information content (AvgIpc) is 2.93. The molecule has 1 saturated heterocycles. The third-order valence-electron chi connectivity index (χ3n) is 3.34. The molecule has 7 heteroatoms. The topological polar surface area (TPSA) is 93.8 Å². The average molecular weight is 252 g/mol. The van der Waals surface area contributed by atoms with Gasteiger partial charge in [-0.25, -0.2) is 9.37 Å². The molecule has 1 fully saturated rings. The van der Waals surface area contributed by atoms with Crippen LogP contribution < -0.4 is 10.9 Å². The number of nitrogens with zero attached hydrogens (tertiary/aromatic N) is 1. The number of aliphatic hydroxyl groups is 1. The number of H-pyrrole nitrogens is 2. The van der Waals surface area contributed by atoms with Crippen LogP contribution in [0.25, 0.3) is 11.0 Å². The SMILES string of the molecule is O=c1[nH]cnc2c(C3NC(CO)CC3F)c[nH]c12. The Morgan fingerprint density at radius 3 is 3.06 bits per heavy atom. The molecule has 96 valence electrons. The van der Waals surface area contributed by atoms with Crippen molar-refractivity contribution in [3.05, 3.63) is 28.4 Å². The molecule has 3 unspecified atom stereocenters. The van der Waals surface area contributed by atoms with E-state index in [1.807, 2.05) is 0 Å². The number of aliphatic hydroxyl groups excluding tert-OH is 1. The second kappa shape index (κ2) is 4.18. The molecule has 0 aliphatic carbocycles. The predicted octanol–water partition coefficient (Wildman–Crippen LogP) is -0.0154. The summed E-state index contributed by atoms with van der Waals surface area (Å²) in [5.41, 5.74) is 1.16. The molecule has 0 saturated carbocycles. The van der Waals surface area contributed by atoms with E-state index in [-0.39, 0.29) is 24.6 Å². The maximum absolute atomic E-state index is 13.9. The number of nitrogens with one attached hydrogen (secondary N) is 3. The van der Waals surface area contributed by atoms with Crippen molar-refractivity contribution in [3.8, 4) is 0 Å². The van der Waals surface area contributed by atoms with Gasteiger partial charge < -0.3 is 20.4 Å². The first kappa shape index (κ1) is 11.4. The van der Waals surface area contributed by atoms with Crippen molar-refractivity contribution in [3.63, 3.8) is 0 Å². The third-order valence-corrected chi connectivity index (χ3v) is 3.34. The molecular weight excluding hydrogens is 239 g/mol. The molecule has 1 aliphatic rings. The number of aromatic amines is 2. The fourth-order valence-corrected chi connectivity index (χ4v) is 2.45. The molecule has 0 aromatic carbocycles. The van der Waals surface area contributed by atoms with E-state index in [0.29, 0.717) is 16.6 Å². The Morgan fingerprint density at radius 2 is 2.33 bits per heavy atom. The van der Waals surface area contributed by atoms with Gasteiger partial charge in [0.25, 0.3) is 5.56 Å². The van der Waals surface area contributed by atoms with Crippen LogP contribution in [0.3, 0.4) is 0 Å². The highest BCUT2D eigenvalue weighted by Gasteiger charge is 2.36. The molecule has 0 bridgehead atoms. The van der Waals surface area contributed by atoms with Crippen LogP contribution in [-0.4, -0.2) is 38.9 Å². The molecule has 0 amide bonds. The Balaban J connectivity index is 2.05. The minimum absolute atomic E-state index is 0.104. The number of hydrogen-bond donors (Lipinski definition) is 4. The maximum Gasteiger partial charge on any atom is 0.275 e. The first-order valence-corrected chi connectivity index (χ1v) is 5.76. The summed E-state index contributed by atoms with van der Waals surface area (Å²) in [6, 6.07) is -0.790. The molecule has 1 aliphatic heterocycles. The molecule has 0 spiro atoms. The largest absolute Gasteiger partial charge is 0.395 e. The zero-order valence-electron chi connectivity index (χ0n) is 9.48. The summed E-state index contributed by atoms with van der Waals surface area (Å²) >= 11 is 0. The van der Waals surface area contributed by atoms with Crippen LogP contribution in [0.4, 0.5) is 4.39 Å². The van der Waals surface area contributed by atoms with Crippen LogP contribution in [0.5, 0.6) is 0 Å². The molecule has 2 aromatic rings. The molecule has 18 heavy (non-hydrogen) atoms. The van der Waals surface area contributed by atoms with Crippen molar-refractivity contribution in [2.45, 2.75) is 24.7 Å². The van der Waals surface area contributed by atoms with Crippen LogP contribution in [0.15, 0.2) is 17.3 Å². The van der Waals surface area contributed by atoms with E-state index in [1.165, 1.54) is 6.33 Å². The van der Waals surface area contributed by atoms with Gasteiger partial charge in [0, 0.05) is 17.8 Å². The summed E-state index contributed by atoms with van der Waals surface area (Å²) in [6.07, 6.45) is 2.06. The fourth-order valence-electron chi connectivity index (χ4n) is 2.45. The van der Waals surface area contributed by atoms with E-state index >= 15 is 0 Å². The molecule has 3 heterocycles. The van der Waals surface area contributed by atoms with Gasteiger partial charge >= 0.3 is 0 Å². The van der Waals surface area contributed by atoms with Gasteiger partial charge in [0.1, 0.15) is 17.2 Å². The number of halogens is 1. The van der Waals surface area contributed by atoms with Crippen LogP contribution >= 0.6 is 0 Å². The van der Waals surface area contributed by atoms with Gasteiger partial charge in [0.05, 0.1) is 19.0 Å². The van der Waals surface area contributed by atoms with Crippen LogP contribution in [-0.2, 0) is 0 Å². The summed E-state index contributed by atoms with van der Waals surface area (Å²) in [5.74, 6) is 0. The molecular formula is C11H13FN4O2. The molecule has 3 rings (SSSR count). The van der Waals surface area contributed by atoms with Crippen molar-refractivity contribution >= 4 is 11.0 Å². The smallest absolute Gasteiger partial charge is 0.275 e. The number of aromatic nitrogens is 3. The van der Waals surface area contributed by atoms with Crippen LogP contribution in [0.1, 0.15) is 18.0 Å². The Bertz CT molecular complexity index is 623. The lowest BCUT2D eigenvalue weighted by atomic mass is 10.1. The number of hydrogen-bond acceptors (Lipinski definition) is 4. The zero-order chi connectivity index (χ0) is 12.7. The minimum atomic E-state index is -1.10. The van der Waals surface area contributed by atoms with Gasteiger partial charge in [-0.1, -0.05) is 0 Å². The molecule has 2 aromatic heterocycles. The summed E-state index contributed by atoms with van der Waals surface area (Å²) in [4.78, 5) is 20.9. The molecule has 6 nitrogen and oxygen atoms in total. The quantitative estimate of drug-likeness (QED) is 0.604. The maximum atomic E-state index is 13.9. The molecule has 0 radical (unpaired) electrons. The van der Waals surface area contributed by atoms with E-state index in [9.17, 15) is 9.18 Å². The van der Waals surface area contributed by atoms with Crippen molar-refractivity contribution in [2.24, 2.45) is 0 Å². The van der Waals surface area contributed by atoms with Gasteiger partial charge in [-0.05, 0) is 6.42 Å². The Labute approximate surface area is 101 Å². The van der Waals surface area contributed by atoms with Gasteiger partial charge in [-0.2, -0.15) is 0 Å². The lowest BCUT2D eigenvalue weighted by Gasteiger charge is -2.12. The number of fused-ring (bicyclic) bond motifs is 1. The normalized spacial score (nSPS) is 28.0. The van der Waals surface area contributed by atoms with Crippen LogP contribution in [0.2, 0.25) is 0 Å². The number of rotatable bonds is 2. The summed E-state index contributed by atoms with van der Waals surface area (Å²) < 4.78 is 13.9. The highest BCUT2D eigenvalue weighted by Crippen LogP contribution is 2.32. The minimum Gasteiger partial charge on any atom is -0.395 e. The lowest BCUT2D eigenvalue weighted by Crippen LogP contribution is -2.27. The predicted molar refractivity (Wildman–Crippen MR) is 63.0 cm³/mol. The van der Waals surface area contributed by atoms with Crippen molar-refractivity contribution < 1.29 is 9.50 Å². The lowest BCUT2D eigenvalue weighted by molar-refractivity contribution is 0.248. The van der Waals surface area contributed by atoms with Crippen molar-refractivity contribution in [1.82, 2.24) is 20.3 Å². The fraction of sp³-hybridized carbons (Fsp3) is 0.455.